The summed E-state index contributed by atoms with van der Waals surface area (Å²) in [7, 11) is 0. The molecule has 1 aliphatic rings. The molecule has 1 N–H and O–H groups in total. The van der Waals surface area contributed by atoms with E-state index in [1.807, 2.05) is 0 Å². The van der Waals surface area contributed by atoms with Gasteiger partial charge in [-0.3, -0.25) is 0 Å². The fourth-order valence-corrected chi connectivity index (χ4v) is 1.68. The summed E-state index contributed by atoms with van der Waals surface area (Å²) in [5, 5.41) is 8.72. The van der Waals surface area contributed by atoms with Crippen molar-refractivity contribution in [2.75, 3.05) is 26.2 Å². The Hall–Kier alpha value is -0.0800. The largest absolute Gasteiger partial charge is 0.396 e. The molecule has 0 spiro atoms. The molecule has 2 heteroatoms. The molecule has 1 aliphatic heterocycles. The fourth-order valence-electron chi connectivity index (χ4n) is 1.68. The van der Waals surface area contributed by atoms with Crippen LogP contribution in [0.2, 0.25) is 0 Å². The number of nitrogens with zero attached hydrogens (tertiary/aromatic N) is 1. The van der Waals surface area contributed by atoms with Crippen LogP contribution in [0.1, 0.15) is 19.3 Å². The van der Waals surface area contributed by atoms with Crippen molar-refractivity contribution in [3.8, 4) is 0 Å². The van der Waals surface area contributed by atoms with Gasteiger partial charge in [-0.05, 0) is 51.7 Å². The molecule has 1 radical (unpaired) electrons. The van der Waals surface area contributed by atoms with Gasteiger partial charge in [-0.25, -0.2) is 0 Å². The third kappa shape index (κ3) is 2.80. The van der Waals surface area contributed by atoms with Gasteiger partial charge in [0.05, 0.1) is 0 Å². The second-order valence-electron chi connectivity index (χ2n) is 3.30. The van der Waals surface area contributed by atoms with Crippen LogP contribution < -0.4 is 0 Å². The second kappa shape index (κ2) is 4.73. The smallest absolute Gasteiger partial charge is 0.0433 e. The number of piperidine rings is 1. The monoisotopic (exact) mass is 156 g/mol. The summed E-state index contributed by atoms with van der Waals surface area (Å²) in [6.07, 6.45) is 3.48. The average molecular weight is 156 g/mol. The van der Waals surface area contributed by atoms with Gasteiger partial charge in [0.15, 0.2) is 0 Å². The van der Waals surface area contributed by atoms with Crippen molar-refractivity contribution in [1.82, 2.24) is 4.90 Å². The molecule has 1 saturated heterocycles. The van der Waals surface area contributed by atoms with Gasteiger partial charge in [-0.1, -0.05) is 0 Å². The predicted octanol–water partition coefficient (Wildman–Crippen LogP) is 0.915. The summed E-state index contributed by atoms with van der Waals surface area (Å²) in [5.74, 6) is 0.766. The van der Waals surface area contributed by atoms with E-state index in [0.29, 0.717) is 6.61 Å². The van der Waals surface area contributed by atoms with E-state index in [-0.39, 0.29) is 0 Å². The van der Waals surface area contributed by atoms with Crippen molar-refractivity contribution in [2.45, 2.75) is 19.3 Å². The Labute approximate surface area is 69.2 Å². The van der Waals surface area contributed by atoms with Crippen molar-refractivity contribution in [2.24, 2.45) is 5.92 Å². The van der Waals surface area contributed by atoms with Gasteiger partial charge in [0.1, 0.15) is 0 Å². The number of rotatable bonds is 3. The van der Waals surface area contributed by atoms with Gasteiger partial charge in [0.25, 0.3) is 0 Å². The number of aliphatic hydroxyl groups is 1. The lowest BCUT2D eigenvalue weighted by molar-refractivity contribution is 0.169. The van der Waals surface area contributed by atoms with Crippen LogP contribution in [0.25, 0.3) is 0 Å². The van der Waals surface area contributed by atoms with E-state index < -0.39 is 0 Å². The van der Waals surface area contributed by atoms with Crippen LogP contribution in [0.15, 0.2) is 0 Å². The summed E-state index contributed by atoms with van der Waals surface area (Å²) in [5.41, 5.74) is 0. The maximum Gasteiger partial charge on any atom is 0.0433 e. The topological polar surface area (TPSA) is 23.5 Å². The molecule has 0 aromatic carbocycles. The zero-order valence-electron chi connectivity index (χ0n) is 7.13. The minimum Gasteiger partial charge on any atom is -0.396 e. The van der Waals surface area contributed by atoms with Gasteiger partial charge < -0.3 is 10.0 Å². The lowest BCUT2D eigenvalue weighted by Crippen LogP contribution is -2.33. The maximum atomic E-state index is 8.72. The van der Waals surface area contributed by atoms with Crippen LogP contribution >= 0.6 is 0 Å². The van der Waals surface area contributed by atoms with Crippen LogP contribution in [0, 0.1) is 12.8 Å². The van der Waals surface area contributed by atoms with E-state index in [1.54, 1.807) is 0 Å². The summed E-state index contributed by atoms with van der Waals surface area (Å²) in [4.78, 5) is 2.37. The van der Waals surface area contributed by atoms with Crippen molar-refractivity contribution in [3.63, 3.8) is 0 Å². The molecule has 1 heterocycles. The molecule has 0 unspecified atom stereocenters. The minimum absolute atomic E-state index is 0.356. The predicted molar refractivity (Wildman–Crippen MR) is 46.2 cm³/mol. The highest BCUT2D eigenvalue weighted by Crippen LogP contribution is 2.19. The summed E-state index contributed by atoms with van der Waals surface area (Å²) in [6, 6.07) is 0. The third-order valence-corrected chi connectivity index (χ3v) is 2.56. The lowest BCUT2D eigenvalue weighted by atomic mass is 9.94. The Kier molecular flexibility index (Phi) is 3.87. The SMILES string of the molecule is [CH2]CN1CCC(CCO)CC1. The van der Waals surface area contributed by atoms with Crippen molar-refractivity contribution in [1.29, 1.82) is 0 Å². The van der Waals surface area contributed by atoms with E-state index in [9.17, 15) is 0 Å². The normalized spacial score (nSPS) is 22.4. The van der Waals surface area contributed by atoms with Crippen molar-refractivity contribution < 1.29 is 5.11 Å². The van der Waals surface area contributed by atoms with Crippen LogP contribution in [0.3, 0.4) is 0 Å². The zero-order chi connectivity index (χ0) is 8.10. The van der Waals surface area contributed by atoms with Gasteiger partial charge in [-0.15, -0.1) is 0 Å². The van der Waals surface area contributed by atoms with Crippen molar-refractivity contribution >= 4 is 0 Å². The number of aliphatic hydroxyl groups excluding tert-OH is 1. The highest BCUT2D eigenvalue weighted by Gasteiger charge is 2.16. The Morgan fingerprint density at radius 3 is 2.45 bits per heavy atom. The molecule has 0 bridgehead atoms. The van der Waals surface area contributed by atoms with Crippen LogP contribution in [0.5, 0.6) is 0 Å². The Morgan fingerprint density at radius 2 is 2.00 bits per heavy atom. The van der Waals surface area contributed by atoms with Crippen LogP contribution in [-0.2, 0) is 0 Å². The highest BCUT2D eigenvalue weighted by atomic mass is 16.3. The minimum atomic E-state index is 0.356. The summed E-state index contributed by atoms with van der Waals surface area (Å²) >= 11 is 0. The van der Waals surface area contributed by atoms with E-state index >= 15 is 0 Å². The molecular weight excluding hydrogens is 138 g/mol. The first-order chi connectivity index (χ1) is 5.36. The molecule has 0 aliphatic carbocycles. The summed E-state index contributed by atoms with van der Waals surface area (Å²) in [6.45, 7) is 7.50. The van der Waals surface area contributed by atoms with Gasteiger partial charge in [0, 0.05) is 6.61 Å². The first kappa shape index (κ1) is 9.01. The Bertz CT molecular complexity index is 97.7. The molecular formula is C9H18NO. The first-order valence-electron chi connectivity index (χ1n) is 4.49. The zero-order valence-corrected chi connectivity index (χ0v) is 7.13. The van der Waals surface area contributed by atoms with Crippen LogP contribution in [-0.4, -0.2) is 36.2 Å². The number of hydrogen-bond acceptors (Lipinski definition) is 2. The average Bonchev–Trinajstić information content (AvgIpc) is 2.07. The molecule has 1 rings (SSSR count). The molecule has 65 valence electrons. The Morgan fingerprint density at radius 1 is 1.36 bits per heavy atom. The quantitative estimate of drug-likeness (QED) is 0.656. The Balaban J connectivity index is 2.14. The first-order valence-corrected chi connectivity index (χ1v) is 4.49. The molecule has 0 saturated carbocycles. The molecule has 11 heavy (non-hydrogen) atoms. The molecule has 0 aromatic heterocycles. The highest BCUT2D eigenvalue weighted by molar-refractivity contribution is 4.72. The van der Waals surface area contributed by atoms with Gasteiger partial charge >= 0.3 is 0 Å². The fraction of sp³-hybridized carbons (Fsp3) is 0.889. The lowest BCUT2D eigenvalue weighted by Gasteiger charge is -2.30. The number of hydrogen-bond donors (Lipinski definition) is 1. The van der Waals surface area contributed by atoms with E-state index in [0.717, 1.165) is 18.9 Å². The van der Waals surface area contributed by atoms with E-state index in [1.165, 1.54) is 25.9 Å². The second-order valence-corrected chi connectivity index (χ2v) is 3.30. The standard InChI is InChI=1S/C9H18NO/c1-2-10-6-3-9(4-7-10)5-8-11/h9,11H,1-8H2. The molecule has 1 fully saturated rings. The molecule has 2 nitrogen and oxygen atoms in total. The van der Waals surface area contributed by atoms with E-state index in [4.69, 9.17) is 5.11 Å². The molecule has 0 amide bonds. The summed E-state index contributed by atoms with van der Waals surface area (Å²) < 4.78 is 0. The molecule has 0 atom stereocenters. The third-order valence-electron chi connectivity index (χ3n) is 2.56. The van der Waals surface area contributed by atoms with Gasteiger partial charge in [-0.2, -0.15) is 0 Å². The number of likely N-dealkylation sites (tertiary alicyclic amines) is 1. The van der Waals surface area contributed by atoms with Gasteiger partial charge in [0.2, 0.25) is 0 Å². The van der Waals surface area contributed by atoms with E-state index in [2.05, 4.69) is 11.8 Å². The van der Waals surface area contributed by atoms with Crippen LogP contribution in [0.4, 0.5) is 0 Å². The van der Waals surface area contributed by atoms with Crippen molar-refractivity contribution in [3.05, 3.63) is 6.92 Å². The molecule has 0 aromatic rings. The maximum absolute atomic E-state index is 8.72.